The average Bonchev–Trinajstić information content (AvgIpc) is 2.81. The molecule has 1 aromatic heterocycles. The minimum absolute atomic E-state index is 0.0528. The Bertz CT molecular complexity index is 587. The summed E-state index contributed by atoms with van der Waals surface area (Å²) in [6.07, 6.45) is 2.57. The molecule has 0 radical (unpaired) electrons. The van der Waals surface area contributed by atoms with Gasteiger partial charge in [-0.3, -0.25) is 0 Å². The first kappa shape index (κ1) is 16.0. The van der Waals surface area contributed by atoms with E-state index in [0.717, 1.165) is 36.1 Å². The number of hydrogen-bond acceptors (Lipinski definition) is 3. The van der Waals surface area contributed by atoms with Crippen LogP contribution in [0.15, 0.2) is 24.3 Å². The lowest BCUT2D eigenvalue weighted by Crippen LogP contribution is -2.51. The topological polar surface area (TPSA) is 53.1 Å². The van der Waals surface area contributed by atoms with Crippen molar-refractivity contribution in [2.45, 2.75) is 51.7 Å². The van der Waals surface area contributed by atoms with Crippen molar-refractivity contribution in [2.24, 2.45) is 12.8 Å². The third kappa shape index (κ3) is 2.97. The molecule has 2 rings (SSSR count). The molecule has 0 spiro atoms. The van der Waals surface area contributed by atoms with Gasteiger partial charge in [-0.2, -0.15) is 0 Å². The lowest BCUT2D eigenvalue weighted by atomic mass is 9.86. The van der Waals surface area contributed by atoms with Gasteiger partial charge in [-0.15, -0.1) is 0 Å². The van der Waals surface area contributed by atoms with Gasteiger partial charge >= 0.3 is 0 Å². The van der Waals surface area contributed by atoms with Crippen molar-refractivity contribution in [1.29, 1.82) is 0 Å². The quantitative estimate of drug-likeness (QED) is 0.852. The summed E-state index contributed by atoms with van der Waals surface area (Å²) in [5, 5.41) is 0. The molecule has 1 heterocycles. The van der Waals surface area contributed by atoms with E-state index in [1.165, 1.54) is 0 Å². The van der Waals surface area contributed by atoms with Crippen LogP contribution in [0.4, 0.5) is 0 Å². The molecule has 2 aromatic rings. The van der Waals surface area contributed by atoms with Gasteiger partial charge in [0.05, 0.1) is 16.6 Å². The maximum absolute atomic E-state index is 6.50. The molecule has 0 aliphatic rings. The lowest BCUT2D eigenvalue weighted by Gasteiger charge is -2.37. The highest BCUT2D eigenvalue weighted by Crippen LogP contribution is 2.26. The zero-order chi connectivity index (χ0) is 15.5. The molecule has 116 valence electrons. The first-order chi connectivity index (χ1) is 10.1. The zero-order valence-electron chi connectivity index (χ0n) is 13.6. The van der Waals surface area contributed by atoms with Crippen LogP contribution < -0.4 is 5.73 Å². The van der Waals surface area contributed by atoms with E-state index in [-0.39, 0.29) is 11.6 Å². The van der Waals surface area contributed by atoms with E-state index in [0.29, 0.717) is 6.61 Å². The zero-order valence-corrected chi connectivity index (χ0v) is 13.6. The van der Waals surface area contributed by atoms with Gasteiger partial charge in [-0.1, -0.05) is 26.0 Å². The van der Waals surface area contributed by atoms with Crippen molar-refractivity contribution in [1.82, 2.24) is 9.55 Å². The number of aromatic nitrogens is 2. The Balaban J connectivity index is 2.28. The number of imidazole rings is 1. The second kappa shape index (κ2) is 6.58. The molecule has 4 nitrogen and oxygen atoms in total. The highest BCUT2D eigenvalue weighted by Gasteiger charge is 2.34. The van der Waals surface area contributed by atoms with Crippen molar-refractivity contribution in [3.63, 3.8) is 0 Å². The fourth-order valence-electron chi connectivity index (χ4n) is 3.13. The van der Waals surface area contributed by atoms with Gasteiger partial charge in [0.2, 0.25) is 0 Å². The normalized spacial score (nSPS) is 13.8. The number of fused-ring (bicyclic) bond motifs is 1. The number of nitrogens with two attached hydrogens (primary N) is 1. The number of para-hydroxylation sites is 2. The Kier molecular flexibility index (Phi) is 5.01. The number of aryl methyl sites for hydroxylation is 1. The number of benzene rings is 1. The van der Waals surface area contributed by atoms with E-state index in [1.54, 1.807) is 0 Å². The maximum atomic E-state index is 6.50. The maximum Gasteiger partial charge on any atom is 0.111 e. The van der Waals surface area contributed by atoms with Crippen LogP contribution in [0.5, 0.6) is 0 Å². The van der Waals surface area contributed by atoms with Crippen LogP contribution in [0.2, 0.25) is 0 Å². The minimum Gasteiger partial charge on any atom is -0.374 e. The van der Waals surface area contributed by atoms with Crippen LogP contribution in [-0.2, 0) is 18.2 Å². The lowest BCUT2D eigenvalue weighted by molar-refractivity contribution is -0.0637. The van der Waals surface area contributed by atoms with Gasteiger partial charge in [-0.25, -0.2) is 4.98 Å². The molecule has 0 bridgehead atoms. The number of nitrogens with zero attached hydrogens (tertiary/aromatic N) is 2. The smallest absolute Gasteiger partial charge is 0.111 e. The molecule has 1 atom stereocenters. The molecule has 0 aliphatic carbocycles. The van der Waals surface area contributed by atoms with Gasteiger partial charge in [0, 0.05) is 26.1 Å². The van der Waals surface area contributed by atoms with E-state index < -0.39 is 0 Å². The van der Waals surface area contributed by atoms with Crippen molar-refractivity contribution in [3.05, 3.63) is 30.1 Å². The highest BCUT2D eigenvalue weighted by molar-refractivity contribution is 5.75. The molecule has 2 N–H and O–H groups in total. The summed E-state index contributed by atoms with van der Waals surface area (Å²) in [6, 6.07) is 8.13. The summed E-state index contributed by atoms with van der Waals surface area (Å²) in [6.45, 7) is 7.02. The summed E-state index contributed by atoms with van der Waals surface area (Å²) < 4.78 is 8.15. The molecule has 0 saturated heterocycles. The molecule has 0 saturated carbocycles. The summed E-state index contributed by atoms with van der Waals surface area (Å²) in [4.78, 5) is 4.72. The van der Waals surface area contributed by atoms with Gasteiger partial charge < -0.3 is 15.0 Å². The summed E-state index contributed by atoms with van der Waals surface area (Å²) in [7, 11) is 2.05. The summed E-state index contributed by atoms with van der Waals surface area (Å²) in [5.74, 6) is 1.02. The molecule has 21 heavy (non-hydrogen) atoms. The van der Waals surface area contributed by atoms with E-state index in [9.17, 15) is 0 Å². The van der Waals surface area contributed by atoms with E-state index in [1.807, 2.05) is 25.1 Å². The van der Waals surface area contributed by atoms with Crippen molar-refractivity contribution in [3.8, 4) is 0 Å². The third-order valence-corrected chi connectivity index (χ3v) is 4.59. The number of hydrogen-bond donors (Lipinski definition) is 1. The Labute approximate surface area is 127 Å². The standard InChI is InChI=1S/C17H27N3O/c1-5-17(6-2,21-7-3)15(18)12-16-19-13-10-8-9-11-14(13)20(16)4/h8-11,15H,5-7,12,18H2,1-4H3. The SMILES string of the molecule is CCOC(CC)(CC)C(N)Cc1nc2ccccc2n1C. The first-order valence-electron chi connectivity index (χ1n) is 7.87. The van der Waals surface area contributed by atoms with E-state index >= 15 is 0 Å². The van der Waals surface area contributed by atoms with Crippen molar-refractivity contribution in [2.75, 3.05) is 6.61 Å². The third-order valence-electron chi connectivity index (χ3n) is 4.59. The summed E-state index contributed by atoms with van der Waals surface area (Å²) in [5.41, 5.74) is 8.42. The fourth-order valence-corrected chi connectivity index (χ4v) is 3.13. The monoisotopic (exact) mass is 289 g/mol. The first-order valence-corrected chi connectivity index (χ1v) is 7.87. The molecule has 0 aliphatic heterocycles. The Morgan fingerprint density at radius 2 is 1.90 bits per heavy atom. The molecular weight excluding hydrogens is 262 g/mol. The second-order valence-electron chi connectivity index (χ2n) is 5.59. The highest BCUT2D eigenvalue weighted by atomic mass is 16.5. The van der Waals surface area contributed by atoms with Gasteiger partial charge in [-0.05, 0) is 31.9 Å². The van der Waals surface area contributed by atoms with Crippen LogP contribution >= 0.6 is 0 Å². The Morgan fingerprint density at radius 1 is 1.24 bits per heavy atom. The predicted molar refractivity (Wildman–Crippen MR) is 87.3 cm³/mol. The van der Waals surface area contributed by atoms with Gasteiger partial charge in [0.1, 0.15) is 5.82 Å². The average molecular weight is 289 g/mol. The van der Waals surface area contributed by atoms with Crippen LogP contribution in [-0.4, -0.2) is 27.8 Å². The largest absolute Gasteiger partial charge is 0.374 e. The minimum atomic E-state index is -0.257. The molecule has 4 heteroatoms. The van der Waals surface area contributed by atoms with Crippen molar-refractivity contribution < 1.29 is 4.74 Å². The molecule has 0 fully saturated rings. The van der Waals surface area contributed by atoms with Crippen molar-refractivity contribution >= 4 is 11.0 Å². The number of ether oxygens (including phenoxy) is 1. The predicted octanol–water partition coefficient (Wildman–Crippen LogP) is 3.04. The van der Waals surface area contributed by atoms with Crippen LogP contribution in [0.1, 0.15) is 39.4 Å². The molecular formula is C17H27N3O. The fraction of sp³-hybridized carbons (Fsp3) is 0.588. The van der Waals surface area contributed by atoms with E-state index in [4.69, 9.17) is 15.5 Å². The van der Waals surface area contributed by atoms with Gasteiger partial charge in [0.25, 0.3) is 0 Å². The second-order valence-corrected chi connectivity index (χ2v) is 5.59. The molecule has 1 aromatic carbocycles. The summed E-state index contributed by atoms with van der Waals surface area (Å²) >= 11 is 0. The van der Waals surface area contributed by atoms with Crippen LogP contribution in [0.25, 0.3) is 11.0 Å². The van der Waals surface area contributed by atoms with E-state index in [2.05, 4.69) is 31.5 Å². The van der Waals surface area contributed by atoms with Crippen LogP contribution in [0.3, 0.4) is 0 Å². The van der Waals surface area contributed by atoms with Crippen LogP contribution in [0, 0.1) is 0 Å². The number of rotatable bonds is 7. The Morgan fingerprint density at radius 3 is 2.48 bits per heavy atom. The molecule has 0 amide bonds. The molecule has 1 unspecified atom stereocenters. The van der Waals surface area contributed by atoms with Gasteiger partial charge in [0.15, 0.2) is 0 Å². The Hall–Kier alpha value is -1.39.